The average molecular weight is 492 g/mol. The van der Waals surface area contributed by atoms with Crippen molar-refractivity contribution < 1.29 is 60.3 Å². The van der Waals surface area contributed by atoms with Crippen molar-refractivity contribution in [2.45, 2.75) is 47.9 Å². The Balaban J connectivity index is 2.58. The summed E-state index contributed by atoms with van der Waals surface area (Å²) in [6.45, 7) is 0. The minimum Gasteiger partial charge on any atom is -0.256 e. The fraction of sp³-hybridized carbons (Fsp3) is 0.571. The van der Waals surface area contributed by atoms with Crippen molar-refractivity contribution in [3.05, 3.63) is 35.9 Å². The zero-order valence-corrected chi connectivity index (χ0v) is 15.9. The Morgan fingerprint density at radius 2 is 1.10 bits per heavy atom. The van der Waals surface area contributed by atoms with Crippen LogP contribution in [0.5, 0.6) is 0 Å². The van der Waals surface area contributed by atoms with E-state index in [-0.39, 0.29) is 0 Å². The second-order valence-electron chi connectivity index (χ2n) is 6.13. The Labute approximate surface area is 165 Å². The summed E-state index contributed by atoms with van der Waals surface area (Å²) in [6.07, 6.45) is -12.4. The predicted octanol–water partition coefficient (Wildman–Crippen LogP) is 3.32. The first-order valence-electron chi connectivity index (χ1n) is 7.80. The van der Waals surface area contributed by atoms with E-state index in [1.54, 1.807) is 0 Å². The fourth-order valence-corrected chi connectivity index (χ4v) is 4.10. The van der Waals surface area contributed by atoms with Crippen molar-refractivity contribution in [3.8, 4) is 0 Å². The van der Waals surface area contributed by atoms with E-state index >= 15 is 0 Å². The van der Waals surface area contributed by atoms with Crippen molar-refractivity contribution >= 4 is 20.2 Å². The van der Waals surface area contributed by atoms with Gasteiger partial charge in [-0.05, 0) is 5.56 Å². The number of hydrogen-bond donors (Lipinski definition) is 0. The van der Waals surface area contributed by atoms with Gasteiger partial charge >= 0.3 is 31.3 Å². The molecule has 0 amide bonds. The molecule has 0 N–H and O–H groups in total. The van der Waals surface area contributed by atoms with Crippen LogP contribution in [-0.4, -0.2) is 52.4 Å². The van der Waals surface area contributed by atoms with Crippen molar-refractivity contribution in [3.63, 3.8) is 0 Å². The smallest absolute Gasteiger partial charge is 0.256 e. The Morgan fingerprint density at radius 1 is 0.733 bits per heavy atom. The van der Waals surface area contributed by atoms with Gasteiger partial charge < -0.3 is 0 Å². The van der Waals surface area contributed by atoms with Crippen LogP contribution in [0.1, 0.15) is 17.9 Å². The van der Waals surface area contributed by atoms with Gasteiger partial charge in [-0.25, -0.2) is 8.78 Å². The van der Waals surface area contributed by atoms with Gasteiger partial charge in [0, 0.05) is 12.3 Å². The standard InChI is InChI=1S/C14H12F8O6S2/c15-8-6-9(16)12(28-30(25,26)14(20,21)22)10(7-4-2-1-3-5-7)11(8)27-29(23,24)13(17,18)19/h1-5,8-12H,6H2/t8-,9+,10?,11+,12-. The Bertz CT molecular complexity index is 887. The van der Waals surface area contributed by atoms with Gasteiger partial charge in [0.1, 0.15) is 24.6 Å². The molecule has 0 spiro atoms. The summed E-state index contributed by atoms with van der Waals surface area (Å²) in [4.78, 5) is 0. The lowest BCUT2D eigenvalue weighted by atomic mass is 9.77. The lowest BCUT2D eigenvalue weighted by molar-refractivity contribution is -0.0907. The van der Waals surface area contributed by atoms with Crippen LogP contribution < -0.4 is 0 Å². The molecule has 0 aromatic heterocycles. The second kappa shape index (κ2) is 8.20. The van der Waals surface area contributed by atoms with E-state index in [4.69, 9.17) is 0 Å². The monoisotopic (exact) mass is 492 g/mol. The van der Waals surface area contributed by atoms with Crippen LogP contribution in [0.4, 0.5) is 35.1 Å². The Morgan fingerprint density at radius 3 is 1.43 bits per heavy atom. The highest BCUT2D eigenvalue weighted by Gasteiger charge is 2.58. The van der Waals surface area contributed by atoms with E-state index in [1.165, 1.54) is 6.07 Å². The third-order valence-corrected chi connectivity index (χ3v) is 6.18. The highest BCUT2D eigenvalue weighted by Crippen LogP contribution is 2.44. The number of alkyl halides is 8. The van der Waals surface area contributed by atoms with Gasteiger partial charge in [0.05, 0.1) is 0 Å². The maximum absolute atomic E-state index is 14.4. The molecule has 1 aromatic carbocycles. The molecule has 5 atom stereocenters. The van der Waals surface area contributed by atoms with Gasteiger partial charge in [0.2, 0.25) is 0 Å². The van der Waals surface area contributed by atoms with Crippen LogP contribution >= 0.6 is 0 Å². The first kappa shape index (κ1) is 24.7. The molecule has 1 aliphatic rings. The van der Waals surface area contributed by atoms with Crippen molar-refractivity contribution in [2.75, 3.05) is 0 Å². The maximum atomic E-state index is 14.4. The summed E-state index contributed by atoms with van der Waals surface area (Å²) in [6, 6.07) is 5.59. The summed E-state index contributed by atoms with van der Waals surface area (Å²) >= 11 is 0. The zero-order chi connectivity index (χ0) is 23.1. The molecule has 0 saturated heterocycles. The van der Waals surface area contributed by atoms with Crippen molar-refractivity contribution in [1.29, 1.82) is 0 Å². The Kier molecular flexibility index (Phi) is 6.76. The third kappa shape index (κ3) is 5.03. The van der Waals surface area contributed by atoms with Crippen LogP contribution in [0.3, 0.4) is 0 Å². The number of rotatable bonds is 5. The molecule has 1 unspecified atom stereocenters. The van der Waals surface area contributed by atoms with Crippen LogP contribution in [0.2, 0.25) is 0 Å². The van der Waals surface area contributed by atoms with Crippen LogP contribution in [-0.2, 0) is 28.6 Å². The summed E-state index contributed by atoms with van der Waals surface area (Å²) in [5.74, 6) is -2.29. The van der Waals surface area contributed by atoms with E-state index < -0.39 is 73.7 Å². The highest BCUT2D eigenvalue weighted by molar-refractivity contribution is 7.87. The molecule has 1 aliphatic carbocycles. The predicted molar refractivity (Wildman–Crippen MR) is 83.3 cm³/mol. The first-order valence-corrected chi connectivity index (χ1v) is 10.6. The molecule has 2 rings (SSSR count). The third-order valence-electron chi connectivity index (χ3n) is 4.10. The largest absolute Gasteiger partial charge is 0.523 e. The van der Waals surface area contributed by atoms with Gasteiger partial charge in [-0.15, -0.1) is 0 Å². The van der Waals surface area contributed by atoms with Crippen LogP contribution in [0.25, 0.3) is 0 Å². The molecule has 1 aromatic rings. The van der Waals surface area contributed by atoms with Crippen LogP contribution in [0.15, 0.2) is 30.3 Å². The van der Waals surface area contributed by atoms with E-state index in [9.17, 15) is 52.0 Å². The second-order valence-corrected chi connectivity index (χ2v) is 9.25. The molecule has 0 radical (unpaired) electrons. The average Bonchev–Trinajstić information content (AvgIpc) is 2.57. The SMILES string of the molecule is O=S(=O)(O[C@@H]1C(c2ccccc2)[C@H](OS(=O)(=O)C(F)(F)F)[C@@H](F)C[C@H]1F)C(F)(F)F. The van der Waals surface area contributed by atoms with Crippen molar-refractivity contribution in [1.82, 2.24) is 0 Å². The van der Waals surface area contributed by atoms with E-state index in [1.807, 2.05) is 0 Å². The molecule has 1 fully saturated rings. The molecular weight excluding hydrogens is 480 g/mol. The first-order chi connectivity index (χ1) is 13.5. The summed E-state index contributed by atoms with van der Waals surface area (Å²) in [5.41, 5.74) is -12.5. The molecule has 0 heterocycles. The lowest BCUT2D eigenvalue weighted by Gasteiger charge is -2.40. The van der Waals surface area contributed by atoms with Gasteiger partial charge in [-0.1, -0.05) is 30.3 Å². The van der Waals surface area contributed by atoms with Crippen LogP contribution in [0, 0.1) is 0 Å². The van der Waals surface area contributed by atoms with Gasteiger partial charge in [0.25, 0.3) is 0 Å². The van der Waals surface area contributed by atoms with Gasteiger partial charge in [-0.3, -0.25) is 8.37 Å². The van der Waals surface area contributed by atoms with Gasteiger partial charge in [0.15, 0.2) is 0 Å². The minimum absolute atomic E-state index is 0.410. The number of halogens is 8. The lowest BCUT2D eigenvalue weighted by Crippen LogP contribution is -2.53. The Hall–Kier alpha value is -1.52. The molecule has 0 bridgehead atoms. The number of hydrogen-bond acceptors (Lipinski definition) is 6. The topological polar surface area (TPSA) is 86.7 Å². The minimum atomic E-state index is -6.47. The summed E-state index contributed by atoms with van der Waals surface area (Å²) in [7, 11) is -12.9. The normalized spacial score (nSPS) is 29.0. The summed E-state index contributed by atoms with van der Waals surface area (Å²) in [5, 5.41) is 0. The van der Waals surface area contributed by atoms with E-state index in [0.717, 1.165) is 24.3 Å². The highest BCUT2D eigenvalue weighted by atomic mass is 32.2. The molecule has 6 nitrogen and oxygen atoms in total. The maximum Gasteiger partial charge on any atom is 0.523 e. The quantitative estimate of drug-likeness (QED) is 0.356. The molecule has 30 heavy (non-hydrogen) atoms. The fourth-order valence-electron chi connectivity index (χ4n) is 2.82. The molecular formula is C14H12F8O6S2. The summed E-state index contributed by atoms with van der Waals surface area (Å²) < 4.78 is 158. The van der Waals surface area contributed by atoms with E-state index in [0.29, 0.717) is 0 Å². The molecule has 172 valence electrons. The zero-order valence-electron chi connectivity index (χ0n) is 14.3. The van der Waals surface area contributed by atoms with Gasteiger partial charge in [-0.2, -0.15) is 43.2 Å². The van der Waals surface area contributed by atoms with E-state index in [2.05, 4.69) is 8.37 Å². The molecule has 1 saturated carbocycles. The molecule has 16 heteroatoms. The van der Waals surface area contributed by atoms with Crippen molar-refractivity contribution in [2.24, 2.45) is 0 Å². The molecule has 0 aliphatic heterocycles. The number of benzene rings is 1.